The third-order valence-corrected chi connectivity index (χ3v) is 2.79. The zero-order valence-electron chi connectivity index (χ0n) is 10.8. The Kier molecular flexibility index (Phi) is 3.77. The third-order valence-electron chi connectivity index (χ3n) is 2.79. The smallest absolute Gasteiger partial charge is 0.229 e. The predicted molar refractivity (Wildman–Crippen MR) is 74.9 cm³/mol. The van der Waals surface area contributed by atoms with Gasteiger partial charge in [-0.15, -0.1) is 0 Å². The number of nitrogens with two attached hydrogens (primary N) is 1. The molecule has 4 heteroatoms. The zero-order chi connectivity index (χ0) is 13.0. The molecule has 18 heavy (non-hydrogen) atoms. The van der Waals surface area contributed by atoms with Crippen LogP contribution < -0.4 is 10.6 Å². The average Bonchev–Trinajstić information content (AvgIpc) is 2.39. The summed E-state index contributed by atoms with van der Waals surface area (Å²) in [7, 11) is 1.93. The Balaban J connectivity index is 2.20. The van der Waals surface area contributed by atoms with Gasteiger partial charge in [-0.2, -0.15) is 0 Å². The van der Waals surface area contributed by atoms with E-state index in [1.165, 1.54) is 5.56 Å². The topological polar surface area (TPSA) is 55.0 Å². The molecule has 0 bridgehead atoms. The van der Waals surface area contributed by atoms with E-state index in [4.69, 9.17) is 5.73 Å². The summed E-state index contributed by atoms with van der Waals surface area (Å²) < 4.78 is 0. The first-order chi connectivity index (χ1) is 8.70. The molecule has 0 unspecified atom stereocenters. The normalized spacial score (nSPS) is 10.3. The molecule has 0 saturated carbocycles. The van der Waals surface area contributed by atoms with Gasteiger partial charge in [0.25, 0.3) is 0 Å². The molecule has 0 radical (unpaired) electrons. The third kappa shape index (κ3) is 2.77. The van der Waals surface area contributed by atoms with Crippen LogP contribution in [0.1, 0.15) is 18.9 Å². The van der Waals surface area contributed by atoms with Gasteiger partial charge in [0.05, 0.1) is 0 Å². The lowest BCUT2D eigenvalue weighted by Crippen LogP contribution is -2.13. The second-order valence-electron chi connectivity index (χ2n) is 4.30. The average molecular weight is 242 g/mol. The van der Waals surface area contributed by atoms with Crippen molar-refractivity contribution in [1.82, 2.24) is 9.97 Å². The van der Waals surface area contributed by atoms with E-state index in [2.05, 4.69) is 16.9 Å². The van der Waals surface area contributed by atoms with Crippen LogP contribution in [-0.4, -0.2) is 17.0 Å². The summed E-state index contributed by atoms with van der Waals surface area (Å²) in [6.45, 7) is 2.15. The molecule has 0 aliphatic carbocycles. The van der Waals surface area contributed by atoms with Crippen LogP contribution in [0.2, 0.25) is 0 Å². The summed E-state index contributed by atoms with van der Waals surface area (Å²) in [5, 5.41) is 0. The van der Waals surface area contributed by atoms with Crippen LogP contribution in [0.4, 0.5) is 17.3 Å². The van der Waals surface area contributed by atoms with Crippen LogP contribution in [0.3, 0.4) is 0 Å². The molecule has 0 spiro atoms. The maximum atomic E-state index is 5.77. The van der Waals surface area contributed by atoms with Gasteiger partial charge in [-0.3, -0.25) is 0 Å². The Bertz CT molecular complexity index is 507. The first-order valence-corrected chi connectivity index (χ1v) is 6.11. The Morgan fingerprint density at radius 3 is 2.56 bits per heavy atom. The van der Waals surface area contributed by atoms with Crippen LogP contribution >= 0.6 is 0 Å². The fourth-order valence-corrected chi connectivity index (χ4v) is 1.79. The Hall–Kier alpha value is -2.10. The van der Waals surface area contributed by atoms with Crippen LogP contribution in [0.25, 0.3) is 0 Å². The van der Waals surface area contributed by atoms with Crippen molar-refractivity contribution in [3.63, 3.8) is 0 Å². The van der Waals surface area contributed by atoms with Crippen LogP contribution in [-0.2, 0) is 6.42 Å². The maximum absolute atomic E-state index is 5.77. The number of rotatable bonds is 4. The van der Waals surface area contributed by atoms with Gasteiger partial charge in [0.15, 0.2) is 0 Å². The molecule has 0 amide bonds. The molecule has 0 atom stereocenters. The van der Waals surface area contributed by atoms with Crippen molar-refractivity contribution in [2.24, 2.45) is 0 Å². The quantitative estimate of drug-likeness (QED) is 0.838. The molecular weight excluding hydrogens is 224 g/mol. The van der Waals surface area contributed by atoms with Crippen molar-refractivity contribution in [2.45, 2.75) is 19.8 Å². The number of aryl methyl sites for hydroxylation is 1. The number of hydrogen-bond donors (Lipinski definition) is 1. The van der Waals surface area contributed by atoms with Crippen LogP contribution in [0.15, 0.2) is 36.7 Å². The molecule has 2 N–H and O–H groups in total. The van der Waals surface area contributed by atoms with E-state index in [-0.39, 0.29) is 0 Å². The number of nitrogen functional groups attached to an aromatic ring is 1. The predicted octanol–water partition coefficient (Wildman–Crippen LogP) is 2.78. The fourth-order valence-electron chi connectivity index (χ4n) is 1.79. The van der Waals surface area contributed by atoms with Gasteiger partial charge in [0.1, 0.15) is 0 Å². The van der Waals surface area contributed by atoms with Crippen molar-refractivity contribution in [1.29, 1.82) is 0 Å². The van der Waals surface area contributed by atoms with Gasteiger partial charge < -0.3 is 10.6 Å². The highest BCUT2D eigenvalue weighted by Crippen LogP contribution is 2.21. The van der Waals surface area contributed by atoms with Gasteiger partial charge in [-0.05, 0) is 30.2 Å². The largest absolute Gasteiger partial charge is 0.399 e. The molecule has 1 aromatic carbocycles. The number of hydrogen-bond acceptors (Lipinski definition) is 4. The van der Waals surface area contributed by atoms with E-state index >= 15 is 0 Å². The van der Waals surface area contributed by atoms with Crippen LogP contribution in [0, 0.1) is 0 Å². The van der Waals surface area contributed by atoms with E-state index in [0.29, 0.717) is 5.95 Å². The molecule has 1 aromatic heterocycles. The zero-order valence-corrected chi connectivity index (χ0v) is 10.8. The number of nitrogens with zero attached hydrogens (tertiary/aromatic N) is 3. The molecule has 0 fully saturated rings. The molecule has 4 nitrogen and oxygen atoms in total. The van der Waals surface area contributed by atoms with E-state index in [0.717, 1.165) is 24.2 Å². The van der Waals surface area contributed by atoms with Crippen molar-refractivity contribution < 1.29 is 0 Å². The Labute approximate surface area is 107 Å². The van der Waals surface area contributed by atoms with Gasteiger partial charge >= 0.3 is 0 Å². The van der Waals surface area contributed by atoms with Gasteiger partial charge in [-0.1, -0.05) is 19.4 Å². The first kappa shape index (κ1) is 12.4. The Morgan fingerprint density at radius 2 is 1.94 bits per heavy atom. The number of aromatic nitrogens is 2. The summed E-state index contributed by atoms with van der Waals surface area (Å²) in [6.07, 6.45) is 5.89. The molecule has 2 rings (SSSR count). The molecule has 94 valence electrons. The summed E-state index contributed by atoms with van der Waals surface area (Å²) >= 11 is 0. The molecule has 0 saturated heterocycles. The monoisotopic (exact) mass is 242 g/mol. The van der Waals surface area contributed by atoms with Crippen molar-refractivity contribution in [2.75, 3.05) is 17.7 Å². The van der Waals surface area contributed by atoms with Crippen molar-refractivity contribution in [3.05, 3.63) is 42.2 Å². The molecule has 0 aliphatic rings. The second-order valence-corrected chi connectivity index (χ2v) is 4.30. The minimum atomic E-state index is 0.681. The second kappa shape index (κ2) is 5.49. The van der Waals surface area contributed by atoms with Crippen molar-refractivity contribution >= 4 is 17.3 Å². The van der Waals surface area contributed by atoms with Gasteiger partial charge in [0.2, 0.25) is 5.95 Å². The highest BCUT2D eigenvalue weighted by molar-refractivity contribution is 5.61. The minimum absolute atomic E-state index is 0.681. The van der Waals surface area contributed by atoms with Crippen molar-refractivity contribution in [3.8, 4) is 0 Å². The van der Waals surface area contributed by atoms with E-state index in [9.17, 15) is 0 Å². The molecule has 0 aliphatic heterocycles. The first-order valence-electron chi connectivity index (χ1n) is 6.11. The lowest BCUT2D eigenvalue weighted by atomic mass is 10.2. The standard InChI is InChI=1S/C14H18N4/c1-3-5-11-9-16-14(17-10-11)18(2)13-7-4-6-12(15)8-13/h4,6-10H,3,5,15H2,1-2H3. The summed E-state index contributed by atoms with van der Waals surface area (Å²) in [5.41, 5.74) is 8.66. The summed E-state index contributed by atoms with van der Waals surface area (Å²) in [6, 6.07) is 7.68. The summed E-state index contributed by atoms with van der Waals surface area (Å²) in [5.74, 6) is 0.681. The molecular formula is C14H18N4. The van der Waals surface area contributed by atoms with E-state index < -0.39 is 0 Å². The summed E-state index contributed by atoms with van der Waals surface area (Å²) in [4.78, 5) is 10.7. The highest BCUT2D eigenvalue weighted by atomic mass is 15.2. The lowest BCUT2D eigenvalue weighted by Gasteiger charge is -2.17. The highest BCUT2D eigenvalue weighted by Gasteiger charge is 2.06. The van der Waals surface area contributed by atoms with Gasteiger partial charge in [-0.25, -0.2) is 9.97 Å². The van der Waals surface area contributed by atoms with Crippen LogP contribution in [0.5, 0.6) is 0 Å². The Morgan fingerprint density at radius 1 is 1.22 bits per heavy atom. The number of benzene rings is 1. The SMILES string of the molecule is CCCc1cnc(N(C)c2cccc(N)c2)nc1. The van der Waals surface area contributed by atoms with Gasteiger partial charge in [0, 0.05) is 30.8 Å². The number of anilines is 3. The molecule has 2 aromatic rings. The maximum Gasteiger partial charge on any atom is 0.229 e. The fraction of sp³-hybridized carbons (Fsp3) is 0.286. The minimum Gasteiger partial charge on any atom is -0.399 e. The van der Waals surface area contributed by atoms with E-state index in [1.807, 2.05) is 48.6 Å². The lowest BCUT2D eigenvalue weighted by molar-refractivity contribution is 0.895. The molecule has 1 heterocycles. The van der Waals surface area contributed by atoms with E-state index in [1.54, 1.807) is 0 Å².